The van der Waals surface area contributed by atoms with Crippen molar-refractivity contribution in [1.82, 2.24) is 0 Å². The molecule has 0 radical (unpaired) electrons. The number of carbonyl (C=O) groups is 1. The molecule has 94 valence electrons. The average Bonchev–Trinajstić information content (AvgIpc) is 2.34. The molecule has 0 saturated carbocycles. The summed E-state index contributed by atoms with van der Waals surface area (Å²) < 4.78 is 10.2. The molecular formula is C12H17NO3S. The maximum absolute atomic E-state index is 11.5. The van der Waals surface area contributed by atoms with Gasteiger partial charge in [0.15, 0.2) is 0 Å². The molecule has 0 fully saturated rings. The van der Waals surface area contributed by atoms with E-state index in [1.807, 2.05) is 0 Å². The van der Waals surface area contributed by atoms with E-state index in [0.29, 0.717) is 23.6 Å². The Hall–Kier alpha value is -1.36. The number of anilines is 1. The highest BCUT2D eigenvalue weighted by Gasteiger charge is 2.13. The van der Waals surface area contributed by atoms with Gasteiger partial charge in [-0.1, -0.05) is 6.92 Å². The summed E-state index contributed by atoms with van der Waals surface area (Å²) in [6.45, 7) is 2.64. The summed E-state index contributed by atoms with van der Waals surface area (Å²) in [4.78, 5) is 11.5. The van der Waals surface area contributed by atoms with Crippen molar-refractivity contribution in [3.63, 3.8) is 0 Å². The molecule has 0 saturated heterocycles. The quantitative estimate of drug-likeness (QED) is 0.479. The molecule has 0 amide bonds. The molecule has 0 aliphatic rings. The number of nitrogens with two attached hydrogens (primary N) is 1. The zero-order valence-electron chi connectivity index (χ0n) is 10.1. The lowest BCUT2D eigenvalue weighted by Crippen LogP contribution is -2.08. The van der Waals surface area contributed by atoms with Gasteiger partial charge in [-0.25, -0.2) is 4.79 Å². The number of esters is 1. The maximum Gasteiger partial charge on any atom is 0.341 e. The highest BCUT2D eigenvalue weighted by Crippen LogP contribution is 2.22. The number of methoxy groups -OCH3 is 1. The SMILES string of the molecule is CCSCCOc1cc(N)ccc1C(=O)OC. The second-order valence-electron chi connectivity index (χ2n) is 3.29. The first kappa shape index (κ1) is 13.7. The number of hydrogen-bond acceptors (Lipinski definition) is 5. The first-order chi connectivity index (χ1) is 8.19. The highest BCUT2D eigenvalue weighted by molar-refractivity contribution is 7.99. The molecule has 0 aliphatic heterocycles. The van der Waals surface area contributed by atoms with Crippen LogP contribution in [0, 0.1) is 0 Å². The van der Waals surface area contributed by atoms with Gasteiger partial charge in [0.05, 0.1) is 13.7 Å². The second-order valence-corrected chi connectivity index (χ2v) is 4.69. The van der Waals surface area contributed by atoms with Crippen LogP contribution in [0.25, 0.3) is 0 Å². The normalized spacial score (nSPS) is 10.0. The Kier molecular flexibility index (Phi) is 5.69. The molecule has 2 N–H and O–H groups in total. The van der Waals surface area contributed by atoms with Crippen LogP contribution in [0.1, 0.15) is 17.3 Å². The molecule has 0 aromatic heterocycles. The zero-order valence-corrected chi connectivity index (χ0v) is 10.9. The number of hydrogen-bond donors (Lipinski definition) is 1. The minimum absolute atomic E-state index is 0.406. The van der Waals surface area contributed by atoms with E-state index in [1.165, 1.54) is 7.11 Å². The molecule has 0 aliphatic carbocycles. The molecule has 0 bridgehead atoms. The Morgan fingerprint density at radius 3 is 2.88 bits per heavy atom. The zero-order chi connectivity index (χ0) is 12.7. The third-order valence-corrected chi connectivity index (χ3v) is 2.96. The highest BCUT2D eigenvalue weighted by atomic mass is 32.2. The number of rotatable bonds is 6. The molecule has 0 heterocycles. The van der Waals surface area contributed by atoms with Crippen molar-refractivity contribution < 1.29 is 14.3 Å². The summed E-state index contributed by atoms with van der Waals surface area (Å²) >= 11 is 1.78. The first-order valence-corrected chi connectivity index (χ1v) is 6.53. The van der Waals surface area contributed by atoms with Crippen LogP contribution in [0.15, 0.2) is 18.2 Å². The fraction of sp³-hybridized carbons (Fsp3) is 0.417. The summed E-state index contributed by atoms with van der Waals surface area (Å²) in [6, 6.07) is 4.91. The second kappa shape index (κ2) is 7.06. The molecular weight excluding hydrogens is 238 g/mol. The van der Waals surface area contributed by atoms with Crippen LogP contribution in [0.2, 0.25) is 0 Å². The third-order valence-electron chi connectivity index (χ3n) is 2.10. The maximum atomic E-state index is 11.5. The lowest BCUT2D eigenvalue weighted by Gasteiger charge is -2.10. The predicted octanol–water partition coefficient (Wildman–Crippen LogP) is 2.19. The van der Waals surface area contributed by atoms with Gasteiger partial charge in [-0.3, -0.25) is 0 Å². The van der Waals surface area contributed by atoms with Crippen molar-refractivity contribution in [2.75, 3.05) is 31.0 Å². The summed E-state index contributed by atoms with van der Waals surface area (Å²) in [5.74, 6) is 1.99. The summed E-state index contributed by atoms with van der Waals surface area (Å²) in [5, 5.41) is 0. The van der Waals surface area contributed by atoms with Crippen molar-refractivity contribution in [3.05, 3.63) is 23.8 Å². The topological polar surface area (TPSA) is 61.5 Å². The Bertz CT molecular complexity index is 382. The summed E-state index contributed by atoms with van der Waals surface area (Å²) in [7, 11) is 1.34. The molecule has 5 heteroatoms. The predicted molar refractivity (Wildman–Crippen MR) is 70.7 cm³/mol. The third kappa shape index (κ3) is 4.19. The summed E-state index contributed by atoms with van der Waals surface area (Å²) in [6.07, 6.45) is 0. The minimum Gasteiger partial charge on any atom is -0.492 e. The molecule has 0 atom stereocenters. The van der Waals surface area contributed by atoms with E-state index in [1.54, 1.807) is 30.0 Å². The van der Waals surface area contributed by atoms with Gasteiger partial charge in [-0.05, 0) is 17.9 Å². The Morgan fingerprint density at radius 1 is 1.47 bits per heavy atom. The number of nitrogen functional groups attached to an aromatic ring is 1. The van der Waals surface area contributed by atoms with Gasteiger partial charge >= 0.3 is 5.97 Å². The Balaban J connectivity index is 2.73. The van der Waals surface area contributed by atoms with Crippen molar-refractivity contribution >= 4 is 23.4 Å². The van der Waals surface area contributed by atoms with E-state index >= 15 is 0 Å². The smallest absolute Gasteiger partial charge is 0.341 e. The van der Waals surface area contributed by atoms with Crippen LogP contribution in [0.5, 0.6) is 5.75 Å². The van der Waals surface area contributed by atoms with Crippen molar-refractivity contribution in [3.8, 4) is 5.75 Å². The Morgan fingerprint density at radius 2 is 2.24 bits per heavy atom. The van der Waals surface area contributed by atoms with E-state index < -0.39 is 5.97 Å². The van der Waals surface area contributed by atoms with E-state index in [-0.39, 0.29) is 0 Å². The first-order valence-electron chi connectivity index (χ1n) is 5.37. The van der Waals surface area contributed by atoms with E-state index in [4.69, 9.17) is 10.5 Å². The van der Waals surface area contributed by atoms with Gasteiger partial charge < -0.3 is 15.2 Å². The molecule has 4 nitrogen and oxygen atoms in total. The van der Waals surface area contributed by atoms with Gasteiger partial charge in [0.1, 0.15) is 11.3 Å². The van der Waals surface area contributed by atoms with Gasteiger partial charge in [-0.2, -0.15) is 11.8 Å². The fourth-order valence-electron chi connectivity index (χ4n) is 1.29. The van der Waals surface area contributed by atoms with Crippen molar-refractivity contribution in [2.24, 2.45) is 0 Å². The molecule has 1 rings (SSSR count). The van der Waals surface area contributed by atoms with Crippen LogP contribution in [-0.4, -0.2) is 31.2 Å². The van der Waals surface area contributed by atoms with Gasteiger partial charge in [0.25, 0.3) is 0 Å². The van der Waals surface area contributed by atoms with Gasteiger partial charge in [0.2, 0.25) is 0 Å². The van der Waals surface area contributed by atoms with Crippen LogP contribution < -0.4 is 10.5 Å². The van der Waals surface area contributed by atoms with Crippen molar-refractivity contribution in [1.29, 1.82) is 0 Å². The summed E-state index contributed by atoms with van der Waals surface area (Å²) in [5.41, 5.74) is 6.63. The van der Waals surface area contributed by atoms with E-state index in [2.05, 4.69) is 11.7 Å². The van der Waals surface area contributed by atoms with Crippen LogP contribution in [0.3, 0.4) is 0 Å². The average molecular weight is 255 g/mol. The number of benzene rings is 1. The number of ether oxygens (including phenoxy) is 2. The van der Waals surface area contributed by atoms with Crippen LogP contribution in [0.4, 0.5) is 5.69 Å². The molecule has 0 unspecified atom stereocenters. The van der Waals surface area contributed by atoms with Gasteiger partial charge in [-0.15, -0.1) is 0 Å². The lowest BCUT2D eigenvalue weighted by molar-refractivity contribution is 0.0596. The monoisotopic (exact) mass is 255 g/mol. The molecule has 0 spiro atoms. The van der Waals surface area contributed by atoms with E-state index in [9.17, 15) is 4.79 Å². The largest absolute Gasteiger partial charge is 0.492 e. The number of carbonyl (C=O) groups excluding carboxylic acids is 1. The van der Waals surface area contributed by atoms with E-state index in [0.717, 1.165) is 11.5 Å². The molecule has 17 heavy (non-hydrogen) atoms. The number of thioether (sulfide) groups is 1. The Labute approximate surface area is 105 Å². The van der Waals surface area contributed by atoms with Crippen LogP contribution in [-0.2, 0) is 4.74 Å². The minimum atomic E-state index is -0.414. The van der Waals surface area contributed by atoms with Gasteiger partial charge in [0, 0.05) is 17.5 Å². The lowest BCUT2D eigenvalue weighted by atomic mass is 10.2. The van der Waals surface area contributed by atoms with Crippen LogP contribution >= 0.6 is 11.8 Å². The fourth-order valence-corrected chi connectivity index (χ4v) is 1.78. The van der Waals surface area contributed by atoms with Crippen molar-refractivity contribution in [2.45, 2.75) is 6.92 Å². The standard InChI is InChI=1S/C12H17NO3S/c1-3-17-7-6-16-11-8-9(13)4-5-10(11)12(14)15-2/h4-5,8H,3,6-7,13H2,1-2H3. The molecule has 1 aromatic carbocycles. The molecule has 1 aromatic rings.